The Morgan fingerprint density at radius 1 is 1.27 bits per heavy atom. The Hall–Kier alpha value is -0.500. The smallest absolute Gasteiger partial charge is 0.0431 e. The lowest BCUT2D eigenvalue weighted by atomic mass is 10.2. The molecule has 1 aliphatic heterocycles. The van der Waals surface area contributed by atoms with Crippen LogP contribution in [0, 0.1) is 0 Å². The van der Waals surface area contributed by atoms with E-state index in [4.69, 9.17) is 5.11 Å². The molecule has 1 N–H and O–H groups in total. The predicted molar refractivity (Wildman–Crippen MR) is 46.3 cm³/mol. The van der Waals surface area contributed by atoms with Crippen molar-refractivity contribution in [2.45, 2.75) is 25.7 Å². The van der Waals surface area contributed by atoms with E-state index in [1.807, 2.05) is 0 Å². The largest absolute Gasteiger partial charge is 0.396 e. The highest BCUT2D eigenvalue weighted by Gasteiger charge is 2.01. The number of hydrogen-bond donors (Lipinski definition) is 1. The highest BCUT2D eigenvalue weighted by Crippen LogP contribution is 2.05. The second kappa shape index (κ2) is 5.19. The molecule has 64 valence electrons. The van der Waals surface area contributed by atoms with E-state index in [2.05, 4.69) is 17.2 Å². The van der Waals surface area contributed by atoms with Gasteiger partial charge in [-0.2, -0.15) is 0 Å². The molecule has 1 rings (SSSR count). The van der Waals surface area contributed by atoms with Crippen molar-refractivity contribution in [2.75, 3.05) is 19.7 Å². The molecule has 0 radical (unpaired) electrons. The first-order chi connectivity index (χ1) is 5.43. The molecule has 0 bridgehead atoms. The van der Waals surface area contributed by atoms with Crippen molar-refractivity contribution in [3.05, 3.63) is 12.3 Å². The second-order valence-electron chi connectivity index (χ2n) is 2.99. The molecule has 0 fully saturated rings. The minimum absolute atomic E-state index is 0.343. The fraction of sp³-hybridized carbons (Fsp3) is 0.778. The zero-order valence-electron chi connectivity index (χ0n) is 7.00. The number of aliphatic hydroxyl groups is 1. The van der Waals surface area contributed by atoms with Crippen LogP contribution in [0.25, 0.3) is 0 Å². The molecule has 0 aliphatic carbocycles. The number of rotatable bonds is 5. The molecule has 0 amide bonds. The summed E-state index contributed by atoms with van der Waals surface area (Å²) < 4.78 is 0. The van der Waals surface area contributed by atoms with E-state index in [-0.39, 0.29) is 0 Å². The topological polar surface area (TPSA) is 23.5 Å². The molecule has 0 saturated carbocycles. The predicted octanol–water partition coefficient (Wildman–Crippen LogP) is 1.37. The van der Waals surface area contributed by atoms with Gasteiger partial charge in [0.05, 0.1) is 0 Å². The minimum atomic E-state index is 0.343. The molecule has 0 aromatic heterocycles. The van der Waals surface area contributed by atoms with Crippen LogP contribution in [0.1, 0.15) is 25.7 Å². The summed E-state index contributed by atoms with van der Waals surface area (Å²) in [6.45, 7) is 2.70. The van der Waals surface area contributed by atoms with Gasteiger partial charge in [0.1, 0.15) is 0 Å². The summed E-state index contributed by atoms with van der Waals surface area (Å²) in [6, 6.07) is 0. The van der Waals surface area contributed by atoms with Crippen LogP contribution in [-0.2, 0) is 0 Å². The molecule has 11 heavy (non-hydrogen) atoms. The van der Waals surface area contributed by atoms with Gasteiger partial charge in [-0.3, -0.25) is 0 Å². The average molecular weight is 155 g/mol. The van der Waals surface area contributed by atoms with Crippen molar-refractivity contribution in [1.82, 2.24) is 4.90 Å². The van der Waals surface area contributed by atoms with Crippen molar-refractivity contribution in [1.29, 1.82) is 0 Å². The van der Waals surface area contributed by atoms with E-state index in [1.165, 1.54) is 19.4 Å². The molecule has 0 aromatic carbocycles. The van der Waals surface area contributed by atoms with Crippen LogP contribution in [0.15, 0.2) is 12.3 Å². The fourth-order valence-electron chi connectivity index (χ4n) is 1.33. The van der Waals surface area contributed by atoms with Gasteiger partial charge in [0.15, 0.2) is 0 Å². The number of nitrogens with zero attached hydrogens (tertiary/aromatic N) is 1. The summed E-state index contributed by atoms with van der Waals surface area (Å²) >= 11 is 0. The third-order valence-corrected chi connectivity index (χ3v) is 2.00. The molecule has 0 spiro atoms. The summed E-state index contributed by atoms with van der Waals surface area (Å²) in [5.74, 6) is 0. The Bertz CT molecular complexity index is 123. The van der Waals surface area contributed by atoms with Gasteiger partial charge in [0.2, 0.25) is 0 Å². The Labute approximate surface area is 68.5 Å². The van der Waals surface area contributed by atoms with Crippen molar-refractivity contribution < 1.29 is 5.11 Å². The van der Waals surface area contributed by atoms with Gasteiger partial charge < -0.3 is 10.0 Å². The third-order valence-electron chi connectivity index (χ3n) is 2.00. The maximum absolute atomic E-state index is 8.53. The van der Waals surface area contributed by atoms with Crippen molar-refractivity contribution in [3.8, 4) is 0 Å². The number of aliphatic hydroxyl groups excluding tert-OH is 1. The highest BCUT2D eigenvalue weighted by atomic mass is 16.2. The van der Waals surface area contributed by atoms with Crippen LogP contribution in [0.5, 0.6) is 0 Å². The monoisotopic (exact) mass is 155 g/mol. The van der Waals surface area contributed by atoms with Crippen molar-refractivity contribution in [3.63, 3.8) is 0 Å². The molecule has 2 nitrogen and oxygen atoms in total. The van der Waals surface area contributed by atoms with E-state index in [0.717, 1.165) is 19.4 Å². The van der Waals surface area contributed by atoms with Crippen molar-refractivity contribution >= 4 is 0 Å². The summed E-state index contributed by atoms with van der Waals surface area (Å²) in [6.07, 6.45) is 8.92. The normalized spacial score (nSPS) is 16.3. The van der Waals surface area contributed by atoms with Gasteiger partial charge in [-0.1, -0.05) is 6.08 Å². The second-order valence-corrected chi connectivity index (χ2v) is 2.99. The van der Waals surface area contributed by atoms with Crippen LogP contribution < -0.4 is 0 Å². The molecule has 0 atom stereocenters. The molecule has 0 unspecified atom stereocenters. The minimum Gasteiger partial charge on any atom is -0.396 e. The van der Waals surface area contributed by atoms with Crippen LogP contribution in [0.2, 0.25) is 0 Å². The third kappa shape index (κ3) is 3.42. The maximum Gasteiger partial charge on any atom is 0.0431 e. The van der Waals surface area contributed by atoms with E-state index in [9.17, 15) is 0 Å². The molecule has 1 heterocycles. The molecular weight excluding hydrogens is 138 g/mol. The van der Waals surface area contributed by atoms with Gasteiger partial charge in [-0.25, -0.2) is 0 Å². The Kier molecular flexibility index (Phi) is 4.06. The van der Waals surface area contributed by atoms with E-state index in [1.54, 1.807) is 0 Å². The standard InChI is InChI=1S/C9H17NO/c11-9-5-1-2-6-10-7-3-4-8-10/h3,7,11H,1-2,4-6,8-9H2. The lowest BCUT2D eigenvalue weighted by Crippen LogP contribution is -2.15. The highest BCUT2D eigenvalue weighted by molar-refractivity contribution is 4.90. The molecule has 0 saturated heterocycles. The Balaban J connectivity index is 1.90. The lowest BCUT2D eigenvalue weighted by Gasteiger charge is -2.14. The number of unbranched alkanes of at least 4 members (excludes halogenated alkanes) is 2. The maximum atomic E-state index is 8.53. The SMILES string of the molecule is OCCCCCN1C=CCC1. The van der Waals surface area contributed by atoms with E-state index >= 15 is 0 Å². The molecule has 2 heteroatoms. The zero-order chi connectivity index (χ0) is 7.94. The fourth-order valence-corrected chi connectivity index (χ4v) is 1.33. The first-order valence-corrected chi connectivity index (χ1v) is 4.45. The van der Waals surface area contributed by atoms with Crippen LogP contribution in [0.4, 0.5) is 0 Å². The van der Waals surface area contributed by atoms with E-state index in [0.29, 0.717) is 6.61 Å². The molecule has 1 aliphatic rings. The van der Waals surface area contributed by atoms with Gasteiger partial charge in [-0.15, -0.1) is 0 Å². The molecular formula is C9H17NO. The summed E-state index contributed by atoms with van der Waals surface area (Å²) in [5.41, 5.74) is 0. The van der Waals surface area contributed by atoms with Crippen LogP contribution in [-0.4, -0.2) is 29.7 Å². The van der Waals surface area contributed by atoms with Crippen molar-refractivity contribution in [2.24, 2.45) is 0 Å². The van der Waals surface area contributed by atoms with Gasteiger partial charge in [-0.05, 0) is 31.9 Å². The first-order valence-electron chi connectivity index (χ1n) is 4.45. The quantitative estimate of drug-likeness (QED) is 0.606. The van der Waals surface area contributed by atoms with Crippen LogP contribution >= 0.6 is 0 Å². The van der Waals surface area contributed by atoms with Crippen LogP contribution in [0.3, 0.4) is 0 Å². The number of hydrogen-bond acceptors (Lipinski definition) is 2. The van der Waals surface area contributed by atoms with Gasteiger partial charge in [0, 0.05) is 19.7 Å². The first kappa shape index (κ1) is 8.60. The zero-order valence-corrected chi connectivity index (χ0v) is 7.00. The summed E-state index contributed by atoms with van der Waals surface area (Å²) in [5, 5.41) is 8.53. The molecule has 0 aromatic rings. The van der Waals surface area contributed by atoms with Gasteiger partial charge >= 0.3 is 0 Å². The Morgan fingerprint density at radius 3 is 2.82 bits per heavy atom. The van der Waals surface area contributed by atoms with E-state index < -0.39 is 0 Å². The Morgan fingerprint density at radius 2 is 2.18 bits per heavy atom. The summed E-state index contributed by atoms with van der Waals surface area (Å²) in [4.78, 5) is 2.34. The lowest BCUT2D eigenvalue weighted by molar-refractivity contribution is 0.278. The summed E-state index contributed by atoms with van der Waals surface area (Å²) in [7, 11) is 0. The van der Waals surface area contributed by atoms with Gasteiger partial charge in [0.25, 0.3) is 0 Å². The average Bonchev–Trinajstić information content (AvgIpc) is 2.50.